The van der Waals surface area contributed by atoms with E-state index in [4.69, 9.17) is 23.2 Å². The summed E-state index contributed by atoms with van der Waals surface area (Å²) in [7, 11) is -3.78. The molecular weight excluding hydrogens is 435 g/mol. The minimum atomic E-state index is -3.78. The summed E-state index contributed by atoms with van der Waals surface area (Å²) < 4.78 is 30.4. The molecule has 2 N–H and O–H groups in total. The van der Waals surface area contributed by atoms with Gasteiger partial charge in [0.2, 0.25) is 10.0 Å². The predicted molar refractivity (Wildman–Crippen MR) is 110 cm³/mol. The Morgan fingerprint density at radius 3 is 2.90 bits per heavy atom. The lowest BCUT2D eigenvalue weighted by molar-refractivity contribution is 0.546. The van der Waals surface area contributed by atoms with Crippen molar-refractivity contribution in [1.29, 1.82) is 0 Å². The van der Waals surface area contributed by atoms with Gasteiger partial charge in [-0.3, -0.25) is 4.40 Å². The fourth-order valence-electron chi connectivity index (χ4n) is 3.95. The number of fused-ring (bicyclic) bond motifs is 3. The van der Waals surface area contributed by atoms with Gasteiger partial charge in [0, 0.05) is 23.2 Å². The van der Waals surface area contributed by atoms with E-state index in [2.05, 4.69) is 24.9 Å². The van der Waals surface area contributed by atoms with Crippen molar-refractivity contribution in [3.63, 3.8) is 0 Å². The lowest BCUT2D eigenvalue weighted by Gasteiger charge is -2.14. The summed E-state index contributed by atoms with van der Waals surface area (Å²) in [5, 5.41) is 9.05. The fourth-order valence-corrected chi connectivity index (χ4v) is 6.00. The number of H-pyrrole nitrogens is 1. The third-order valence-electron chi connectivity index (χ3n) is 5.27. The molecule has 0 aliphatic heterocycles. The molecule has 1 saturated carbocycles. The van der Waals surface area contributed by atoms with Crippen LogP contribution in [-0.2, 0) is 10.0 Å². The fraction of sp³-hybridized carbons (Fsp3) is 0.278. The number of nitrogens with zero attached hydrogens (tertiary/aromatic N) is 4. The number of benzene rings is 1. The highest BCUT2D eigenvalue weighted by Gasteiger charge is 2.33. The average molecular weight is 451 g/mol. The highest BCUT2D eigenvalue weighted by Crippen LogP contribution is 2.35. The zero-order chi connectivity index (χ0) is 20.2. The van der Waals surface area contributed by atoms with Gasteiger partial charge in [-0.25, -0.2) is 18.1 Å². The zero-order valence-electron chi connectivity index (χ0n) is 15.0. The lowest BCUT2D eigenvalue weighted by Crippen LogP contribution is -2.33. The van der Waals surface area contributed by atoms with E-state index in [0.717, 1.165) is 23.4 Å². The van der Waals surface area contributed by atoms with E-state index in [9.17, 15) is 8.42 Å². The maximum absolute atomic E-state index is 12.8. The van der Waals surface area contributed by atoms with Crippen molar-refractivity contribution >= 4 is 50.0 Å². The Morgan fingerprint density at radius 1 is 1.17 bits per heavy atom. The molecule has 0 saturated heterocycles. The summed E-state index contributed by atoms with van der Waals surface area (Å²) in [5.41, 5.74) is 2.32. The number of aromatic nitrogens is 5. The molecule has 3 heterocycles. The smallest absolute Gasteiger partial charge is 0.242 e. The Hall–Kier alpha value is -2.20. The first-order valence-corrected chi connectivity index (χ1v) is 11.3. The number of hydrogen-bond donors (Lipinski definition) is 2. The Balaban J connectivity index is 1.41. The number of aromatic amines is 1. The molecule has 0 spiro atoms. The number of halogens is 2. The van der Waals surface area contributed by atoms with Gasteiger partial charge in [0.1, 0.15) is 10.7 Å². The van der Waals surface area contributed by atoms with E-state index in [1.807, 2.05) is 16.7 Å². The molecule has 0 amide bonds. The zero-order valence-corrected chi connectivity index (χ0v) is 17.3. The molecule has 150 valence electrons. The molecule has 5 rings (SSSR count). The largest absolute Gasteiger partial charge is 0.345 e. The van der Waals surface area contributed by atoms with Crippen LogP contribution in [-0.4, -0.2) is 39.0 Å². The lowest BCUT2D eigenvalue weighted by atomic mass is 10.1. The SMILES string of the molecule is O=S(=O)(N[C@H]1CC[C@@H](c2nnc3cnc4[nH]ccc4n23)C1)c1cc(Cl)ccc1Cl. The standard InChI is InChI=1S/C18H16Cl2N6O2S/c19-11-2-4-13(20)15(8-11)29(27,28)25-12-3-1-10(7-12)18-24-23-16-9-22-17-14(26(16)18)5-6-21-17/h2,4-6,8-10,12,21,25H,1,3,7H2/t10-,12+/m1/s1. The maximum Gasteiger partial charge on any atom is 0.242 e. The van der Waals surface area contributed by atoms with E-state index >= 15 is 0 Å². The van der Waals surface area contributed by atoms with Gasteiger partial charge in [-0.2, -0.15) is 0 Å². The van der Waals surface area contributed by atoms with Crippen molar-refractivity contribution in [1.82, 2.24) is 29.3 Å². The van der Waals surface area contributed by atoms with E-state index in [-0.39, 0.29) is 21.9 Å². The van der Waals surface area contributed by atoms with Crippen LogP contribution < -0.4 is 4.72 Å². The second-order valence-electron chi connectivity index (χ2n) is 7.12. The van der Waals surface area contributed by atoms with Crippen molar-refractivity contribution in [2.75, 3.05) is 0 Å². The van der Waals surface area contributed by atoms with Gasteiger partial charge in [-0.15, -0.1) is 10.2 Å². The van der Waals surface area contributed by atoms with Crippen LogP contribution in [0, 0.1) is 0 Å². The van der Waals surface area contributed by atoms with Crippen molar-refractivity contribution < 1.29 is 8.42 Å². The van der Waals surface area contributed by atoms with E-state index in [1.54, 1.807) is 12.3 Å². The quantitative estimate of drug-likeness (QED) is 0.494. The van der Waals surface area contributed by atoms with Crippen molar-refractivity contribution in [3.05, 3.63) is 52.5 Å². The molecular formula is C18H16Cl2N6O2S. The predicted octanol–water partition coefficient (Wildman–Crippen LogP) is 3.53. The summed E-state index contributed by atoms with van der Waals surface area (Å²) in [5.74, 6) is 0.891. The number of sulfonamides is 1. The van der Waals surface area contributed by atoms with Gasteiger partial charge >= 0.3 is 0 Å². The first-order chi connectivity index (χ1) is 13.9. The topological polar surface area (TPSA) is 105 Å². The first-order valence-electron chi connectivity index (χ1n) is 9.07. The molecule has 0 bridgehead atoms. The van der Waals surface area contributed by atoms with Crippen LogP contribution in [0.2, 0.25) is 10.0 Å². The Bertz CT molecular complexity index is 1330. The summed E-state index contributed by atoms with van der Waals surface area (Å²) in [4.78, 5) is 7.40. The second kappa shape index (κ2) is 6.94. The van der Waals surface area contributed by atoms with Gasteiger partial charge in [-0.1, -0.05) is 23.2 Å². The molecule has 1 aliphatic rings. The number of nitrogens with one attached hydrogen (secondary N) is 2. The second-order valence-corrected chi connectivity index (χ2v) is 9.65. The summed E-state index contributed by atoms with van der Waals surface area (Å²) in [6.45, 7) is 0. The van der Waals surface area contributed by atoms with Crippen LogP contribution in [0.3, 0.4) is 0 Å². The highest BCUT2D eigenvalue weighted by molar-refractivity contribution is 7.89. The molecule has 1 aromatic carbocycles. The Morgan fingerprint density at radius 2 is 2.03 bits per heavy atom. The number of rotatable bonds is 4. The monoisotopic (exact) mass is 450 g/mol. The molecule has 0 radical (unpaired) electrons. The van der Waals surface area contributed by atoms with E-state index in [1.165, 1.54) is 12.1 Å². The van der Waals surface area contributed by atoms with E-state index < -0.39 is 10.0 Å². The molecule has 29 heavy (non-hydrogen) atoms. The van der Waals surface area contributed by atoms with Gasteiger partial charge in [0.05, 0.1) is 16.7 Å². The molecule has 2 atom stereocenters. The van der Waals surface area contributed by atoms with Crippen LogP contribution >= 0.6 is 23.2 Å². The van der Waals surface area contributed by atoms with Gasteiger partial charge in [0.25, 0.3) is 0 Å². The summed E-state index contributed by atoms with van der Waals surface area (Å²) in [6.07, 6.45) is 5.60. The van der Waals surface area contributed by atoms with Crippen LogP contribution in [0.25, 0.3) is 16.8 Å². The van der Waals surface area contributed by atoms with Crippen LogP contribution in [0.1, 0.15) is 31.0 Å². The molecule has 4 aromatic rings. The molecule has 3 aromatic heterocycles. The van der Waals surface area contributed by atoms with Crippen LogP contribution in [0.15, 0.2) is 41.6 Å². The molecule has 1 aliphatic carbocycles. The van der Waals surface area contributed by atoms with E-state index in [0.29, 0.717) is 23.5 Å². The average Bonchev–Trinajstić information content (AvgIpc) is 3.40. The minimum Gasteiger partial charge on any atom is -0.345 e. The number of hydrogen-bond acceptors (Lipinski definition) is 5. The Kier molecular flexibility index (Phi) is 4.50. The Labute approximate surface area is 176 Å². The molecule has 0 unspecified atom stereocenters. The highest BCUT2D eigenvalue weighted by atomic mass is 35.5. The van der Waals surface area contributed by atoms with Gasteiger partial charge in [-0.05, 0) is 43.5 Å². The van der Waals surface area contributed by atoms with Crippen molar-refractivity contribution in [3.8, 4) is 0 Å². The molecule has 11 heteroatoms. The normalized spacial score (nSPS) is 20.1. The summed E-state index contributed by atoms with van der Waals surface area (Å²) in [6, 6.07) is 6.10. The van der Waals surface area contributed by atoms with Crippen molar-refractivity contribution in [2.45, 2.75) is 36.1 Å². The van der Waals surface area contributed by atoms with Gasteiger partial charge < -0.3 is 4.98 Å². The first kappa shape index (κ1) is 18.8. The minimum absolute atomic E-state index is 0.0110. The van der Waals surface area contributed by atoms with Gasteiger partial charge in [0.15, 0.2) is 11.3 Å². The maximum atomic E-state index is 12.8. The third-order valence-corrected chi connectivity index (χ3v) is 7.51. The third kappa shape index (κ3) is 3.28. The molecule has 8 nitrogen and oxygen atoms in total. The van der Waals surface area contributed by atoms with Crippen LogP contribution in [0.5, 0.6) is 0 Å². The molecule has 1 fully saturated rings. The van der Waals surface area contributed by atoms with Crippen LogP contribution in [0.4, 0.5) is 0 Å². The van der Waals surface area contributed by atoms with Crippen molar-refractivity contribution in [2.24, 2.45) is 0 Å². The summed E-state index contributed by atoms with van der Waals surface area (Å²) >= 11 is 12.0.